The highest BCUT2D eigenvalue weighted by Gasteiger charge is 2.37. The van der Waals surface area contributed by atoms with Crippen LogP contribution in [0.1, 0.15) is 5.56 Å². The number of carbonyl (C=O) groups excluding carboxylic acids is 3. The first-order chi connectivity index (χ1) is 10.1. The van der Waals surface area contributed by atoms with Gasteiger partial charge in [-0.05, 0) is 18.1 Å². The van der Waals surface area contributed by atoms with Crippen LogP contribution in [0.2, 0.25) is 0 Å². The van der Waals surface area contributed by atoms with E-state index in [4.69, 9.17) is 5.73 Å². The Morgan fingerprint density at radius 2 is 2.05 bits per heavy atom. The molecule has 0 saturated carbocycles. The maximum Gasteiger partial charge on any atom is 0.322 e. The molecule has 2 aromatic rings. The zero-order valence-corrected chi connectivity index (χ0v) is 11.1. The third-order valence-corrected chi connectivity index (χ3v) is 3.54. The molecule has 1 aromatic carbocycles. The Morgan fingerprint density at radius 1 is 1.29 bits per heavy atom. The van der Waals surface area contributed by atoms with Crippen molar-refractivity contribution >= 4 is 28.6 Å². The van der Waals surface area contributed by atoms with Crippen LogP contribution in [0.5, 0.6) is 0 Å². The summed E-state index contributed by atoms with van der Waals surface area (Å²) in [6.45, 7) is 0. The van der Waals surface area contributed by atoms with Gasteiger partial charge in [0.2, 0.25) is 0 Å². The zero-order valence-electron chi connectivity index (χ0n) is 11.1. The third-order valence-electron chi connectivity index (χ3n) is 3.54. The number of carbonyl (C=O) groups is 3. The van der Waals surface area contributed by atoms with E-state index in [9.17, 15) is 14.4 Å². The highest BCUT2D eigenvalue weighted by atomic mass is 16.2. The molecule has 7 nitrogen and oxygen atoms in total. The zero-order chi connectivity index (χ0) is 15.0. The number of para-hydroxylation sites is 1. The van der Waals surface area contributed by atoms with Crippen molar-refractivity contribution in [3.63, 3.8) is 0 Å². The Kier molecular flexibility index (Phi) is 3.19. The lowest BCUT2D eigenvalue weighted by molar-refractivity contribution is -0.129. The lowest BCUT2D eigenvalue weighted by Gasteiger charge is -2.13. The second kappa shape index (κ2) is 5.02. The number of H-pyrrole nitrogens is 1. The molecule has 0 aliphatic carbocycles. The maximum atomic E-state index is 12.2. The molecule has 1 saturated heterocycles. The van der Waals surface area contributed by atoms with Crippen molar-refractivity contribution in [3.8, 4) is 0 Å². The fourth-order valence-corrected chi connectivity index (χ4v) is 2.47. The first-order valence-electron chi connectivity index (χ1n) is 6.52. The molecule has 0 spiro atoms. The van der Waals surface area contributed by atoms with E-state index in [1.54, 1.807) is 6.20 Å². The molecule has 5 N–H and O–H groups in total. The monoisotopic (exact) mass is 286 g/mol. The summed E-state index contributed by atoms with van der Waals surface area (Å²) in [5, 5.41) is 5.27. The standard InChI is InChI=1S/C14H14N4O3/c15-9(12(19)11-13(20)18-14(21)17-11)5-7-6-16-10-4-2-1-3-8(7)10/h1-4,6,9,11,16H,5,15H2,(H2,17,18,20,21). The molecule has 108 valence electrons. The van der Waals surface area contributed by atoms with Gasteiger partial charge in [0.1, 0.15) is 0 Å². The minimum atomic E-state index is -1.20. The third kappa shape index (κ3) is 2.38. The minimum absolute atomic E-state index is 0.294. The van der Waals surface area contributed by atoms with Crippen LogP contribution in [0.3, 0.4) is 0 Å². The van der Waals surface area contributed by atoms with Gasteiger partial charge in [-0.2, -0.15) is 0 Å². The van der Waals surface area contributed by atoms with Crippen molar-refractivity contribution in [2.75, 3.05) is 0 Å². The van der Waals surface area contributed by atoms with Gasteiger partial charge in [-0.25, -0.2) is 4.79 Å². The molecule has 1 aliphatic heterocycles. The summed E-state index contributed by atoms with van der Waals surface area (Å²) in [4.78, 5) is 37.8. The largest absolute Gasteiger partial charge is 0.361 e. The second-order valence-electron chi connectivity index (χ2n) is 4.97. The number of imide groups is 1. The summed E-state index contributed by atoms with van der Waals surface area (Å²) in [5.74, 6) is -1.15. The maximum absolute atomic E-state index is 12.2. The first kappa shape index (κ1) is 13.3. The summed E-state index contributed by atoms with van der Waals surface area (Å²) < 4.78 is 0. The Labute approximate surface area is 119 Å². The van der Waals surface area contributed by atoms with Gasteiger partial charge in [0.25, 0.3) is 5.91 Å². The SMILES string of the molecule is NC(Cc1c[nH]c2ccccc12)C(=O)C1NC(=O)NC1=O. The predicted molar refractivity (Wildman–Crippen MR) is 75.4 cm³/mol. The number of hydrogen-bond acceptors (Lipinski definition) is 4. The number of ketones is 1. The van der Waals surface area contributed by atoms with Crippen molar-refractivity contribution in [2.45, 2.75) is 18.5 Å². The van der Waals surface area contributed by atoms with E-state index < -0.39 is 29.8 Å². The molecule has 2 heterocycles. The Hall–Kier alpha value is -2.67. The summed E-state index contributed by atoms with van der Waals surface area (Å²) >= 11 is 0. The summed E-state index contributed by atoms with van der Waals surface area (Å²) in [7, 11) is 0. The van der Waals surface area contributed by atoms with E-state index in [1.807, 2.05) is 29.6 Å². The van der Waals surface area contributed by atoms with E-state index in [0.29, 0.717) is 6.42 Å². The van der Waals surface area contributed by atoms with Gasteiger partial charge in [0, 0.05) is 17.1 Å². The smallest absolute Gasteiger partial charge is 0.322 e. The topological polar surface area (TPSA) is 117 Å². The van der Waals surface area contributed by atoms with Crippen LogP contribution in [-0.4, -0.2) is 34.8 Å². The molecule has 21 heavy (non-hydrogen) atoms. The number of benzene rings is 1. The van der Waals surface area contributed by atoms with Gasteiger partial charge in [-0.1, -0.05) is 18.2 Å². The highest BCUT2D eigenvalue weighted by molar-refractivity contribution is 6.17. The molecule has 1 aromatic heterocycles. The summed E-state index contributed by atoms with van der Waals surface area (Å²) in [6.07, 6.45) is 2.09. The van der Waals surface area contributed by atoms with Gasteiger partial charge in [-0.3, -0.25) is 14.9 Å². The second-order valence-corrected chi connectivity index (χ2v) is 4.97. The average Bonchev–Trinajstić information content (AvgIpc) is 3.02. The lowest BCUT2D eigenvalue weighted by Crippen LogP contribution is -2.47. The number of urea groups is 1. The van der Waals surface area contributed by atoms with Crippen molar-refractivity contribution in [1.29, 1.82) is 0 Å². The van der Waals surface area contributed by atoms with Crippen LogP contribution in [-0.2, 0) is 16.0 Å². The number of fused-ring (bicyclic) bond motifs is 1. The number of amides is 3. The first-order valence-corrected chi connectivity index (χ1v) is 6.52. The highest BCUT2D eigenvalue weighted by Crippen LogP contribution is 2.19. The molecule has 0 bridgehead atoms. The van der Waals surface area contributed by atoms with E-state index in [0.717, 1.165) is 16.5 Å². The van der Waals surface area contributed by atoms with Crippen LogP contribution < -0.4 is 16.4 Å². The number of nitrogens with two attached hydrogens (primary N) is 1. The van der Waals surface area contributed by atoms with Crippen LogP contribution in [0.25, 0.3) is 10.9 Å². The Bertz CT molecular complexity index is 737. The quantitative estimate of drug-likeness (QED) is 0.460. The van der Waals surface area contributed by atoms with Gasteiger partial charge in [-0.15, -0.1) is 0 Å². The van der Waals surface area contributed by atoms with Crippen LogP contribution in [0, 0.1) is 0 Å². The van der Waals surface area contributed by atoms with Crippen molar-refractivity contribution in [3.05, 3.63) is 36.0 Å². The van der Waals surface area contributed by atoms with Crippen molar-refractivity contribution in [2.24, 2.45) is 5.73 Å². The molecule has 2 atom stereocenters. The normalized spacial score (nSPS) is 19.4. The van der Waals surface area contributed by atoms with Crippen LogP contribution in [0.15, 0.2) is 30.5 Å². The molecular formula is C14H14N4O3. The predicted octanol–water partition coefficient (Wildman–Crippen LogP) is -0.185. The van der Waals surface area contributed by atoms with Gasteiger partial charge in [0.05, 0.1) is 6.04 Å². The molecule has 7 heteroatoms. The van der Waals surface area contributed by atoms with Crippen molar-refractivity contribution < 1.29 is 14.4 Å². The molecular weight excluding hydrogens is 272 g/mol. The fourth-order valence-electron chi connectivity index (χ4n) is 2.47. The van der Waals surface area contributed by atoms with Gasteiger partial charge in [0.15, 0.2) is 11.8 Å². The molecule has 0 radical (unpaired) electrons. The van der Waals surface area contributed by atoms with Crippen molar-refractivity contribution in [1.82, 2.24) is 15.6 Å². The van der Waals surface area contributed by atoms with Crippen LogP contribution >= 0.6 is 0 Å². The van der Waals surface area contributed by atoms with E-state index in [-0.39, 0.29) is 0 Å². The Morgan fingerprint density at radius 3 is 2.76 bits per heavy atom. The molecule has 3 rings (SSSR count). The lowest BCUT2D eigenvalue weighted by atomic mass is 9.98. The van der Waals surface area contributed by atoms with Gasteiger partial charge < -0.3 is 16.0 Å². The summed E-state index contributed by atoms with van der Waals surface area (Å²) in [5.41, 5.74) is 7.75. The van der Waals surface area contributed by atoms with E-state index in [2.05, 4.69) is 10.3 Å². The number of aromatic amines is 1. The minimum Gasteiger partial charge on any atom is -0.361 e. The van der Waals surface area contributed by atoms with E-state index >= 15 is 0 Å². The summed E-state index contributed by atoms with van der Waals surface area (Å²) in [6, 6.07) is 4.94. The van der Waals surface area contributed by atoms with Crippen LogP contribution in [0.4, 0.5) is 4.79 Å². The molecule has 1 aliphatic rings. The Balaban J connectivity index is 1.77. The number of hydrogen-bond donors (Lipinski definition) is 4. The molecule has 2 unspecified atom stereocenters. The fraction of sp³-hybridized carbons (Fsp3) is 0.214. The molecule has 1 fully saturated rings. The number of Topliss-reactive ketones (excluding diaryl/α,β-unsaturated/α-hetero) is 1. The number of rotatable bonds is 4. The average molecular weight is 286 g/mol. The number of aromatic nitrogens is 1. The van der Waals surface area contributed by atoms with Gasteiger partial charge >= 0.3 is 6.03 Å². The molecule has 3 amide bonds. The van der Waals surface area contributed by atoms with E-state index in [1.165, 1.54) is 0 Å². The number of nitrogens with one attached hydrogen (secondary N) is 3.